The van der Waals surface area contributed by atoms with Crippen LogP contribution in [-0.4, -0.2) is 10.1 Å². The van der Waals surface area contributed by atoms with E-state index in [9.17, 15) is 0 Å². The number of halogens is 1. The van der Waals surface area contributed by atoms with E-state index >= 15 is 0 Å². The van der Waals surface area contributed by atoms with Gasteiger partial charge in [-0.25, -0.2) is 0 Å². The summed E-state index contributed by atoms with van der Waals surface area (Å²) in [6.07, 6.45) is 3.10. The van der Waals surface area contributed by atoms with Gasteiger partial charge < -0.3 is 9.47 Å². The summed E-state index contributed by atoms with van der Waals surface area (Å²) >= 11 is 6.21. The Morgan fingerprint density at radius 2 is 1.85 bits per heavy atom. The maximum Gasteiger partial charge on any atom is 0.0452 e. The molecule has 3 rings (SSSR count). The molecule has 1 aliphatic rings. The van der Waals surface area contributed by atoms with Crippen LogP contribution in [0.3, 0.4) is 0 Å². The summed E-state index contributed by atoms with van der Waals surface area (Å²) in [5.74, 6) is 0. The Kier molecular flexibility index (Phi) is 3.09. The molecule has 0 radical (unpaired) electrons. The van der Waals surface area contributed by atoms with Crippen molar-refractivity contribution in [2.24, 2.45) is 7.05 Å². The maximum atomic E-state index is 6.21. The lowest BCUT2D eigenvalue weighted by Gasteiger charge is -2.38. The van der Waals surface area contributed by atoms with Crippen LogP contribution < -0.4 is 4.90 Å². The molecule has 2 nitrogen and oxygen atoms in total. The van der Waals surface area contributed by atoms with Gasteiger partial charge in [0.15, 0.2) is 0 Å². The average Bonchev–Trinajstić information content (AvgIpc) is 2.59. The zero-order valence-corrected chi connectivity index (χ0v) is 13.3. The van der Waals surface area contributed by atoms with Crippen molar-refractivity contribution in [2.45, 2.75) is 39.3 Å². The van der Waals surface area contributed by atoms with Gasteiger partial charge in [-0.3, -0.25) is 0 Å². The third-order valence-corrected chi connectivity index (χ3v) is 4.36. The van der Waals surface area contributed by atoms with Crippen molar-refractivity contribution in [3.63, 3.8) is 0 Å². The number of hydrogen-bond donors (Lipinski definition) is 0. The second kappa shape index (κ2) is 4.56. The van der Waals surface area contributed by atoms with E-state index in [2.05, 4.69) is 61.7 Å². The minimum Gasteiger partial charge on any atom is -0.362 e. The summed E-state index contributed by atoms with van der Waals surface area (Å²) in [7, 11) is 2.12. The molecule has 0 amide bonds. The lowest BCUT2D eigenvalue weighted by molar-refractivity contribution is 0.501. The van der Waals surface area contributed by atoms with Gasteiger partial charge in [-0.1, -0.05) is 11.6 Å². The van der Waals surface area contributed by atoms with Crippen molar-refractivity contribution in [3.05, 3.63) is 52.3 Å². The van der Waals surface area contributed by atoms with E-state index in [0.29, 0.717) is 0 Å². The first-order chi connectivity index (χ1) is 9.36. The van der Waals surface area contributed by atoms with Crippen molar-refractivity contribution in [3.8, 4) is 0 Å². The smallest absolute Gasteiger partial charge is 0.0452 e. The summed E-state index contributed by atoms with van der Waals surface area (Å²) in [6.45, 7) is 7.74. The van der Waals surface area contributed by atoms with Gasteiger partial charge in [0.05, 0.1) is 0 Å². The van der Waals surface area contributed by atoms with Crippen LogP contribution in [0, 0.1) is 0 Å². The van der Waals surface area contributed by atoms with Crippen LogP contribution in [0.15, 0.2) is 30.5 Å². The molecular weight excluding hydrogens is 268 g/mol. The second-order valence-electron chi connectivity index (χ2n) is 6.61. The third-order valence-electron chi connectivity index (χ3n) is 4.12. The number of rotatable bonds is 0. The monoisotopic (exact) mass is 288 g/mol. The van der Waals surface area contributed by atoms with Crippen LogP contribution in [0.5, 0.6) is 0 Å². The summed E-state index contributed by atoms with van der Waals surface area (Å²) < 4.78 is 2.23. The number of fused-ring (bicyclic) bond motifs is 2. The minimum absolute atomic E-state index is 0.0834. The Hall–Kier alpha value is -1.41. The Morgan fingerprint density at radius 3 is 2.55 bits per heavy atom. The van der Waals surface area contributed by atoms with Crippen molar-refractivity contribution >= 4 is 17.3 Å². The van der Waals surface area contributed by atoms with Gasteiger partial charge in [-0.15, -0.1) is 0 Å². The molecule has 2 heterocycles. The highest BCUT2D eigenvalue weighted by molar-refractivity contribution is 6.30. The predicted octanol–water partition coefficient (Wildman–Crippen LogP) is 4.39. The number of benzene rings is 1. The van der Waals surface area contributed by atoms with E-state index in [4.69, 9.17) is 11.6 Å². The van der Waals surface area contributed by atoms with Gasteiger partial charge in [0.2, 0.25) is 0 Å². The number of hydrogen-bond acceptors (Lipinski definition) is 1. The van der Waals surface area contributed by atoms with Crippen molar-refractivity contribution in [1.29, 1.82) is 0 Å². The van der Waals surface area contributed by atoms with E-state index in [1.165, 1.54) is 22.5 Å². The van der Waals surface area contributed by atoms with E-state index in [1.807, 2.05) is 6.07 Å². The topological polar surface area (TPSA) is 8.17 Å². The Balaban J connectivity index is 2.20. The fraction of sp³-hybridized carbons (Fsp3) is 0.412. The van der Waals surface area contributed by atoms with Crippen LogP contribution in [0.4, 0.5) is 5.69 Å². The summed E-state index contributed by atoms with van der Waals surface area (Å²) in [6, 6.07) is 8.50. The highest BCUT2D eigenvalue weighted by Gasteiger charge is 2.28. The van der Waals surface area contributed by atoms with Gasteiger partial charge in [-0.05, 0) is 56.2 Å². The van der Waals surface area contributed by atoms with Crippen LogP contribution in [0.25, 0.3) is 0 Å². The second-order valence-corrected chi connectivity index (χ2v) is 7.04. The molecule has 0 unspecified atom stereocenters. The summed E-state index contributed by atoms with van der Waals surface area (Å²) in [4.78, 5) is 2.48. The van der Waals surface area contributed by atoms with E-state index in [-0.39, 0.29) is 5.54 Å². The first-order valence-corrected chi connectivity index (χ1v) is 7.43. The standard InChI is InChI=1S/C17H21ClN2/c1-17(2,3)20-11-12-7-8-19(4)16(12)10-13-9-14(18)5-6-15(13)20/h5-9H,10-11H2,1-4H3. The fourth-order valence-electron chi connectivity index (χ4n) is 2.99. The molecule has 1 aromatic carbocycles. The van der Waals surface area contributed by atoms with Crippen molar-refractivity contribution < 1.29 is 0 Å². The van der Waals surface area contributed by atoms with Crippen molar-refractivity contribution in [1.82, 2.24) is 4.57 Å². The van der Waals surface area contributed by atoms with Crippen LogP contribution in [-0.2, 0) is 20.0 Å². The zero-order valence-electron chi connectivity index (χ0n) is 12.6. The third kappa shape index (κ3) is 2.22. The molecule has 0 aliphatic carbocycles. The first-order valence-electron chi connectivity index (χ1n) is 7.05. The largest absolute Gasteiger partial charge is 0.362 e. The van der Waals surface area contributed by atoms with E-state index < -0.39 is 0 Å². The molecule has 0 saturated carbocycles. The zero-order chi connectivity index (χ0) is 14.5. The molecule has 0 N–H and O–H groups in total. The molecule has 0 spiro atoms. The minimum atomic E-state index is 0.0834. The number of nitrogens with zero attached hydrogens (tertiary/aromatic N) is 2. The Bertz CT molecular complexity index is 649. The van der Waals surface area contributed by atoms with Crippen LogP contribution in [0.2, 0.25) is 5.02 Å². The molecule has 2 aromatic rings. The lowest BCUT2D eigenvalue weighted by Crippen LogP contribution is -2.41. The van der Waals surface area contributed by atoms with Gasteiger partial charge in [-0.2, -0.15) is 0 Å². The predicted molar refractivity (Wildman–Crippen MR) is 85.6 cm³/mol. The normalized spacial score (nSPS) is 14.8. The molecular formula is C17H21ClN2. The van der Waals surface area contributed by atoms with Crippen LogP contribution >= 0.6 is 11.6 Å². The molecule has 3 heteroatoms. The quantitative estimate of drug-likeness (QED) is 0.698. The SMILES string of the molecule is Cn1ccc2c1Cc1cc(Cl)ccc1N(C(C)(C)C)C2. The first kappa shape index (κ1) is 13.6. The number of aromatic nitrogens is 1. The Labute approximate surface area is 126 Å². The van der Waals surface area contributed by atoms with Gasteiger partial charge >= 0.3 is 0 Å². The van der Waals surface area contributed by atoms with Gasteiger partial charge in [0, 0.05) is 48.2 Å². The molecule has 20 heavy (non-hydrogen) atoms. The molecule has 0 bridgehead atoms. The van der Waals surface area contributed by atoms with E-state index in [0.717, 1.165) is 18.0 Å². The summed E-state index contributed by atoms with van der Waals surface area (Å²) in [5.41, 5.74) is 5.50. The van der Waals surface area contributed by atoms with Gasteiger partial charge in [0.25, 0.3) is 0 Å². The van der Waals surface area contributed by atoms with Crippen LogP contribution in [0.1, 0.15) is 37.6 Å². The molecule has 0 atom stereocenters. The highest BCUT2D eigenvalue weighted by atomic mass is 35.5. The summed E-state index contributed by atoms with van der Waals surface area (Å²) in [5, 5.41) is 0.815. The average molecular weight is 289 g/mol. The fourth-order valence-corrected chi connectivity index (χ4v) is 3.18. The lowest BCUT2D eigenvalue weighted by atomic mass is 10.0. The van der Waals surface area contributed by atoms with Gasteiger partial charge in [0.1, 0.15) is 0 Å². The number of aryl methyl sites for hydroxylation is 1. The highest BCUT2D eigenvalue weighted by Crippen LogP contribution is 2.36. The molecule has 1 aliphatic heterocycles. The molecule has 106 valence electrons. The Morgan fingerprint density at radius 1 is 1.10 bits per heavy atom. The number of anilines is 1. The van der Waals surface area contributed by atoms with E-state index in [1.54, 1.807) is 0 Å². The molecule has 0 fully saturated rings. The molecule has 0 saturated heterocycles. The maximum absolute atomic E-state index is 6.21. The van der Waals surface area contributed by atoms with Crippen molar-refractivity contribution in [2.75, 3.05) is 4.90 Å². The molecule has 1 aromatic heterocycles.